The lowest BCUT2D eigenvalue weighted by atomic mass is 10.4. The Bertz CT molecular complexity index is 492. The highest BCUT2D eigenvalue weighted by atomic mass is 35.5. The minimum absolute atomic E-state index is 0.277. The number of anilines is 1. The fourth-order valence-corrected chi connectivity index (χ4v) is 1.48. The molecule has 0 saturated heterocycles. The summed E-state index contributed by atoms with van der Waals surface area (Å²) in [6.45, 7) is 2.67. The molecule has 0 bridgehead atoms. The molecule has 17 heavy (non-hydrogen) atoms. The average Bonchev–Trinajstić information content (AvgIpc) is 2.67. The van der Waals surface area contributed by atoms with Gasteiger partial charge < -0.3 is 10.5 Å². The molecule has 0 atom stereocenters. The van der Waals surface area contributed by atoms with Crippen molar-refractivity contribution < 1.29 is 4.74 Å². The summed E-state index contributed by atoms with van der Waals surface area (Å²) >= 11 is 5.86. The van der Waals surface area contributed by atoms with Crippen LogP contribution < -0.4 is 10.5 Å². The number of nitrogen functional groups attached to an aromatic ring is 1. The van der Waals surface area contributed by atoms with E-state index in [0.29, 0.717) is 23.2 Å². The van der Waals surface area contributed by atoms with Crippen LogP contribution in [-0.4, -0.2) is 21.4 Å². The number of ether oxygens (including phenoxy) is 1. The highest BCUT2D eigenvalue weighted by Gasteiger charge is 2.10. The van der Waals surface area contributed by atoms with Gasteiger partial charge in [0.2, 0.25) is 0 Å². The van der Waals surface area contributed by atoms with Crippen molar-refractivity contribution in [2.75, 3.05) is 12.3 Å². The monoisotopic (exact) mass is 252 g/mol. The van der Waals surface area contributed by atoms with Gasteiger partial charge in [-0.3, -0.25) is 0 Å². The van der Waals surface area contributed by atoms with Gasteiger partial charge >= 0.3 is 0 Å². The largest absolute Gasteiger partial charge is 0.490 e. The number of rotatable bonds is 4. The molecule has 2 heterocycles. The Morgan fingerprint density at radius 1 is 1.53 bits per heavy atom. The Labute approximate surface area is 104 Å². The van der Waals surface area contributed by atoms with E-state index in [9.17, 15) is 0 Å². The van der Waals surface area contributed by atoms with E-state index >= 15 is 0 Å². The van der Waals surface area contributed by atoms with Gasteiger partial charge in [0, 0.05) is 6.20 Å². The fraction of sp³-hybridized carbons (Fsp3) is 0.273. The molecular weight excluding hydrogens is 240 g/mol. The third-order valence-electron chi connectivity index (χ3n) is 2.13. The number of nitrogens with two attached hydrogens (primary N) is 1. The van der Waals surface area contributed by atoms with Crippen molar-refractivity contribution in [3.05, 3.63) is 29.5 Å². The van der Waals surface area contributed by atoms with E-state index in [2.05, 4.69) is 10.1 Å². The summed E-state index contributed by atoms with van der Waals surface area (Å²) in [5.41, 5.74) is 5.60. The van der Waals surface area contributed by atoms with Crippen LogP contribution in [0.15, 0.2) is 24.5 Å². The molecule has 0 spiro atoms. The first kappa shape index (κ1) is 11.7. The van der Waals surface area contributed by atoms with Crippen molar-refractivity contribution in [1.82, 2.24) is 14.8 Å². The van der Waals surface area contributed by atoms with Crippen molar-refractivity contribution in [1.29, 1.82) is 0 Å². The number of nitrogens with zero attached hydrogens (tertiary/aromatic N) is 3. The quantitative estimate of drug-likeness (QED) is 0.907. The van der Waals surface area contributed by atoms with Gasteiger partial charge in [0.25, 0.3) is 0 Å². The lowest BCUT2D eigenvalue weighted by Gasteiger charge is -2.08. The van der Waals surface area contributed by atoms with Crippen molar-refractivity contribution in [3.63, 3.8) is 0 Å². The number of aromatic nitrogens is 3. The van der Waals surface area contributed by atoms with Crippen molar-refractivity contribution in [3.8, 4) is 11.6 Å². The summed E-state index contributed by atoms with van der Waals surface area (Å²) in [6.07, 6.45) is 4.20. The predicted molar refractivity (Wildman–Crippen MR) is 66.6 cm³/mol. The highest BCUT2D eigenvalue weighted by molar-refractivity contribution is 6.32. The zero-order chi connectivity index (χ0) is 12.3. The highest BCUT2D eigenvalue weighted by Crippen LogP contribution is 2.23. The van der Waals surface area contributed by atoms with Gasteiger partial charge in [-0.2, -0.15) is 0 Å². The fourth-order valence-electron chi connectivity index (χ4n) is 1.35. The molecular formula is C11H13ClN4O. The van der Waals surface area contributed by atoms with Crippen LogP contribution in [0.4, 0.5) is 5.82 Å². The summed E-state index contributed by atoms with van der Waals surface area (Å²) in [5, 5.41) is 4.47. The third-order valence-corrected chi connectivity index (χ3v) is 2.42. The molecule has 0 radical (unpaired) electrons. The maximum atomic E-state index is 5.86. The summed E-state index contributed by atoms with van der Waals surface area (Å²) in [5.74, 6) is 1.52. The second kappa shape index (κ2) is 5.05. The molecule has 5 nitrogen and oxygen atoms in total. The molecule has 90 valence electrons. The van der Waals surface area contributed by atoms with Gasteiger partial charge in [0.15, 0.2) is 17.4 Å². The maximum absolute atomic E-state index is 5.86. The number of hydrogen-bond donors (Lipinski definition) is 1. The first-order valence-electron chi connectivity index (χ1n) is 5.31. The van der Waals surface area contributed by atoms with Crippen LogP contribution in [0.3, 0.4) is 0 Å². The summed E-state index contributed by atoms with van der Waals surface area (Å²) in [4.78, 5) is 4.22. The minimum Gasteiger partial charge on any atom is -0.490 e. The summed E-state index contributed by atoms with van der Waals surface area (Å²) in [7, 11) is 0. The molecule has 0 aliphatic rings. The lowest BCUT2D eigenvalue weighted by Crippen LogP contribution is -2.04. The maximum Gasteiger partial charge on any atom is 0.196 e. The van der Waals surface area contributed by atoms with Gasteiger partial charge in [-0.1, -0.05) is 18.5 Å². The Morgan fingerprint density at radius 3 is 3.00 bits per heavy atom. The van der Waals surface area contributed by atoms with E-state index in [0.717, 1.165) is 6.42 Å². The molecule has 6 heteroatoms. The molecule has 2 rings (SSSR count). The lowest BCUT2D eigenvalue weighted by molar-refractivity contribution is 0.314. The number of pyridine rings is 1. The molecule has 0 amide bonds. The van der Waals surface area contributed by atoms with Crippen LogP contribution >= 0.6 is 11.6 Å². The molecule has 0 unspecified atom stereocenters. The first-order chi connectivity index (χ1) is 8.22. The van der Waals surface area contributed by atoms with Crippen LogP contribution in [0.25, 0.3) is 5.82 Å². The van der Waals surface area contributed by atoms with Gasteiger partial charge in [-0.25, -0.2) is 9.67 Å². The Morgan fingerprint density at radius 2 is 2.35 bits per heavy atom. The molecule has 0 saturated carbocycles. The van der Waals surface area contributed by atoms with Crippen LogP contribution in [0, 0.1) is 0 Å². The second-order valence-electron chi connectivity index (χ2n) is 3.48. The van der Waals surface area contributed by atoms with Crippen LogP contribution in [-0.2, 0) is 0 Å². The normalized spacial score (nSPS) is 10.5. The smallest absolute Gasteiger partial charge is 0.196 e. The van der Waals surface area contributed by atoms with Crippen LogP contribution in [0.1, 0.15) is 13.3 Å². The Kier molecular flexibility index (Phi) is 3.49. The predicted octanol–water partition coefficient (Wildman–Crippen LogP) is 2.29. The van der Waals surface area contributed by atoms with Gasteiger partial charge in [0.05, 0.1) is 12.8 Å². The summed E-state index contributed by atoms with van der Waals surface area (Å²) in [6, 6.07) is 3.65. The summed E-state index contributed by atoms with van der Waals surface area (Å²) < 4.78 is 7.10. The van der Waals surface area contributed by atoms with Gasteiger partial charge in [0.1, 0.15) is 5.02 Å². The first-order valence-corrected chi connectivity index (χ1v) is 5.69. The van der Waals surface area contributed by atoms with Crippen molar-refractivity contribution in [2.45, 2.75) is 13.3 Å². The molecule has 0 aromatic carbocycles. The number of hydrogen-bond acceptors (Lipinski definition) is 4. The average molecular weight is 253 g/mol. The van der Waals surface area contributed by atoms with E-state index < -0.39 is 0 Å². The van der Waals surface area contributed by atoms with E-state index in [-0.39, 0.29) is 5.82 Å². The number of halogens is 1. The second-order valence-corrected chi connectivity index (χ2v) is 3.89. The Hall–Kier alpha value is -1.75. The van der Waals surface area contributed by atoms with Crippen LogP contribution in [0.2, 0.25) is 5.02 Å². The molecule has 2 aromatic rings. The molecule has 0 aliphatic carbocycles. The molecule has 0 aliphatic heterocycles. The van der Waals surface area contributed by atoms with E-state index in [1.165, 1.54) is 4.68 Å². The molecule has 2 aromatic heterocycles. The van der Waals surface area contributed by atoms with Crippen molar-refractivity contribution >= 4 is 17.4 Å². The zero-order valence-corrected chi connectivity index (χ0v) is 10.2. The topological polar surface area (TPSA) is 66.0 Å². The van der Waals surface area contributed by atoms with Gasteiger partial charge in [-0.05, 0) is 18.6 Å². The SMILES string of the molecule is CCCOc1cccnc1-n1cc(Cl)c(N)n1. The van der Waals surface area contributed by atoms with Gasteiger partial charge in [-0.15, -0.1) is 5.10 Å². The molecule has 0 fully saturated rings. The van der Waals surface area contributed by atoms with E-state index in [4.69, 9.17) is 22.1 Å². The van der Waals surface area contributed by atoms with Crippen molar-refractivity contribution in [2.24, 2.45) is 0 Å². The standard InChI is InChI=1S/C11H13ClN4O/c1-2-6-17-9-4-3-5-14-11(9)16-7-8(12)10(13)15-16/h3-5,7H,2,6H2,1H3,(H2,13,15). The zero-order valence-electron chi connectivity index (χ0n) is 9.43. The van der Waals surface area contributed by atoms with E-state index in [1.807, 2.05) is 19.1 Å². The minimum atomic E-state index is 0.277. The van der Waals surface area contributed by atoms with E-state index in [1.54, 1.807) is 12.4 Å². The van der Waals surface area contributed by atoms with Crippen LogP contribution in [0.5, 0.6) is 5.75 Å². The third kappa shape index (κ3) is 2.50. The molecule has 2 N–H and O–H groups in total. The Balaban J connectivity index is 2.37.